The Labute approximate surface area is 105 Å². The first-order valence-corrected chi connectivity index (χ1v) is 6.43. The van der Waals surface area contributed by atoms with Gasteiger partial charge in [-0.25, -0.2) is 0 Å². The maximum absolute atomic E-state index is 9.60. The third-order valence-electron chi connectivity index (χ3n) is 2.27. The predicted octanol–water partition coefficient (Wildman–Crippen LogP) is 1.69. The van der Waals surface area contributed by atoms with Crippen molar-refractivity contribution in [1.29, 1.82) is 0 Å². The fourth-order valence-corrected chi connectivity index (χ4v) is 1.61. The fraction of sp³-hybridized carbons (Fsp3) is 0.923. The summed E-state index contributed by atoms with van der Waals surface area (Å²) in [5.41, 5.74) is -0.318. The monoisotopic (exact) mass is 244 g/mol. The van der Waals surface area contributed by atoms with Gasteiger partial charge in [-0.3, -0.25) is 4.79 Å². The Hall–Kier alpha value is -0.610. The Kier molecular flexibility index (Phi) is 8.17. The molecule has 102 valence electrons. The lowest BCUT2D eigenvalue weighted by Gasteiger charge is -2.25. The lowest BCUT2D eigenvalue weighted by molar-refractivity contribution is -0.138. The molecule has 0 spiro atoms. The van der Waals surface area contributed by atoms with Gasteiger partial charge in [-0.05, 0) is 40.2 Å². The van der Waals surface area contributed by atoms with Gasteiger partial charge < -0.3 is 15.4 Å². The third kappa shape index (κ3) is 11.6. The third-order valence-corrected chi connectivity index (χ3v) is 2.27. The van der Waals surface area contributed by atoms with E-state index in [1.54, 1.807) is 0 Å². The number of hydrogen-bond donors (Lipinski definition) is 2. The standard InChI is InChI=1S/C8H18N2.C5H10O2/c1-7(2)10-8-4-3-5-9-6-8;1-5(2,3)7-4-6/h7-10H,3-6H2,1-2H3;4H,1-3H3/t8-;/m0./s1. The number of rotatable bonds is 3. The van der Waals surface area contributed by atoms with Gasteiger partial charge in [0.2, 0.25) is 0 Å². The first-order valence-electron chi connectivity index (χ1n) is 6.43. The van der Waals surface area contributed by atoms with Gasteiger partial charge in [0.05, 0.1) is 0 Å². The van der Waals surface area contributed by atoms with E-state index in [4.69, 9.17) is 0 Å². The second kappa shape index (κ2) is 8.48. The van der Waals surface area contributed by atoms with Crippen LogP contribution < -0.4 is 10.6 Å². The molecule has 0 amide bonds. The maximum Gasteiger partial charge on any atom is 0.293 e. The molecule has 1 heterocycles. The number of hydrogen-bond acceptors (Lipinski definition) is 4. The van der Waals surface area contributed by atoms with Crippen molar-refractivity contribution in [1.82, 2.24) is 10.6 Å². The van der Waals surface area contributed by atoms with Crippen LogP contribution in [0.2, 0.25) is 0 Å². The van der Waals surface area contributed by atoms with Crippen molar-refractivity contribution in [3.63, 3.8) is 0 Å². The molecule has 1 atom stereocenters. The predicted molar refractivity (Wildman–Crippen MR) is 71.1 cm³/mol. The average molecular weight is 244 g/mol. The highest BCUT2D eigenvalue weighted by Gasteiger charge is 2.12. The molecule has 2 N–H and O–H groups in total. The average Bonchev–Trinajstić information content (AvgIpc) is 2.17. The molecule has 0 radical (unpaired) electrons. The number of ether oxygens (including phenoxy) is 1. The van der Waals surface area contributed by atoms with Crippen molar-refractivity contribution >= 4 is 6.47 Å². The topological polar surface area (TPSA) is 50.4 Å². The molecule has 1 saturated heterocycles. The summed E-state index contributed by atoms with van der Waals surface area (Å²) in [7, 11) is 0. The van der Waals surface area contributed by atoms with Gasteiger partial charge >= 0.3 is 0 Å². The van der Waals surface area contributed by atoms with Crippen LogP contribution in [0.15, 0.2) is 0 Å². The molecule has 0 aromatic rings. The van der Waals surface area contributed by atoms with Gasteiger partial charge in [0.15, 0.2) is 0 Å². The molecule has 1 aliphatic heterocycles. The van der Waals surface area contributed by atoms with E-state index in [0.29, 0.717) is 18.6 Å². The maximum atomic E-state index is 9.60. The van der Waals surface area contributed by atoms with Gasteiger partial charge in [-0.15, -0.1) is 0 Å². The Bertz CT molecular complexity index is 194. The SMILES string of the molecule is CC(C)(C)OC=O.CC(C)N[C@H]1CCCNC1. The van der Waals surface area contributed by atoms with E-state index in [1.807, 2.05) is 20.8 Å². The van der Waals surface area contributed by atoms with E-state index < -0.39 is 0 Å². The van der Waals surface area contributed by atoms with Crippen LogP contribution in [0.3, 0.4) is 0 Å². The van der Waals surface area contributed by atoms with Crippen LogP contribution in [0.5, 0.6) is 0 Å². The van der Waals surface area contributed by atoms with Crippen molar-refractivity contribution in [2.45, 2.75) is 65.1 Å². The summed E-state index contributed by atoms with van der Waals surface area (Å²) in [5.74, 6) is 0. The zero-order valence-corrected chi connectivity index (χ0v) is 11.9. The molecule has 0 unspecified atom stereocenters. The number of carbonyl (C=O) groups is 1. The summed E-state index contributed by atoms with van der Waals surface area (Å²) >= 11 is 0. The second-order valence-corrected chi connectivity index (χ2v) is 5.69. The highest BCUT2D eigenvalue weighted by molar-refractivity contribution is 5.37. The van der Waals surface area contributed by atoms with Crippen LogP contribution in [0.4, 0.5) is 0 Å². The van der Waals surface area contributed by atoms with E-state index in [1.165, 1.54) is 19.4 Å². The van der Waals surface area contributed by atoms with Gasteiger partial charge in [0.1, 0.15) is 5.60 Å². The molecular formula is C13H28N2O2. The van der Waals surface area contributed by atoms with Crippen molar-refractivity contribution in [3.05, 3.63) is 0 Å². The van der Waals surface area contributed by atoms with E-state index in [9.17, 15) is 4.79 Å². The molecule has 0 bridgehead atoms. The lowest BCUT2D eigenvalue weighted by atomic mass is 10.1. The molecular weight excluding hydrogens is 216 g/mol. The second-order valence-electron chi connectivity index (χ2n) is 5.69. The Morgan fingerprint density at radius 3 is 2.35 bits per heavy atom. The summed E-state index contributed by atoms with van der Waals surface area (Å²) in [6.07, 6.45) is 2.66. The minimum Gasteiger partial charge on any atom is -0.462 e. The first-order chi connectivity index (χ1) is 7.85. The van der Waals surface area contributed by atoms with Gasteiger partial charge in [0, 0.05) is 18.6 Å². The highest BCUT2D eigenvalue weighted by atomic mass is 16.5. The number of nitrogens with one attached hydrogen (secondary N) is 2. The molecule has 17 heavy (non-hydrogen) atoms. The van der Waals surface area contributed by atoms with Crippen LogP contribution >= 0.6 is 0 Å². The van der Waals surface area contributed by atoms with Crippen LogP contribution in [-0.4, -0.2) is 37.2 Å². The van der Waals surface area contributed by atoms with Crippen LogP contribution in [0.1, 0.15) is 47.5 Å². The lowest BCUT2D eigenvalue weighted by Crippen LogP contribution is -2.45. The molecule has 0 aliphatic carbocycles. The zero-order valence-electron chi connectivity index (χ0n) is 11.9. The summed E-state index contributed by atoms with van der Waals surface area (Å²) in [6.45, 7) is 12.7. The Morgan fingerprint density at radius 1 is 1.41 bits per heavy atom. The first kappa shape index (κ1) is 16.4. The van der Waals surface area contributed by atoms with Gasteiger partial charge in [-0.2, -0.15) is 0 Å². The van der Waals surface area contributed by atoms with Crippen molar-refractivity contribution < 1.29 is 9.53 Å². The van der Waals surface area contributed by atoms with Crippen LogP contribution in [0.25, 0.3) is 0 Å². The highest BCUT2D eigenvalue weighted by Crippen LogP contribution is 2.02. The Balaban J connectivity index is 0.000000325. The smallest absolute Gasteiger partial charge is 0.293 e. The number of piperidine rings is 1. The fourth-order valence-electron chi connectivity index (χ4n) is 1.61. The van der Waals surface area contributed by atoms with Gasteiger partial charge in [0.25, 0.3) is 6.47 Å². The molecule has 0 aromatic carbocycles. The minimum absolute atomic E-state index is 0.318. The van der Waals surface area contributed by atoms with Crippen molar-refractivity contribution in [2.75, 3.05) is 13.1 Å². The molecule has 1 aliphatic rings. The summed E-state index contributed by atoms with van der Waals surface area (Å²) < 4.78 is 4.55. The zero-order chi connectivity index (χ0) is 13.3. The normalized spacial score (nSPS) is 20.5. The largest absolute Gasteiger partial charge is 0.462 e. The molecule has 1 rings (SSSR count). The van der Waals surface area contributed by atoms with E-state index in [2.05, 4.69) is 29.2 Å². The molecule has 1 fully saturated rings. The number of carbonyl (C=O) groups excluding carboxylic acids is 1. The van der Waals surface area contributed by atoms with E-state index in [-0.39, 0.29) is 5.60 Å². The van der Waals surface area contributed by atoms with Crippen molar-refractivity contribution in [3.8, 4) is 0 Å². The van der Waals surface area contributed by atoms with E-state index >= 15 is 0 Å². The van der Waals surface area contributed by atoms with Crippen LogP contribution in [-0.2, 0) is 9.53 Å². The van der Waals surface area contributed by atoms with E-state index in [0.717, 1.165) is 6.54 Å². The summed E-state index contributed by atoms with van der Waals surface area (Å²) in [5, 5.41) is 6.90. The quantitative estimate of drug-likeness (QED) is 0.742. The summed E-state index contributed by atoms with van der Waals surface area (Å²) in [6, 6.07) is 1.35. The van der Waals surface area contributed by atoms with Gasteiger partial charge in [-0.1, -0.05) is 13.8 Å². The molecule has 4 nitrogen and oxygen atoms in total. The minimum atomic E-state index is -0.318. The molecule has 0 aromatic heterocycles. The Morgan fingerprint density at radius 2 is 2.06 bits per heavy atom. The molecule has 4 heteroatoms. The summed E-state index contributed by atoms with van der Waals surface area (Å²) in [4.78, 5) is 9.60. The van der Waals surface area contributed by atoms with Crippen LogP contribution in [0, 0.1) is 0 Å². The van der Waals surface area contributed by atoms with Crippen molar-refractivity contribution in [2.24, 2.45) is 0 Å². The molecule has 0 saturated carbocycles.